The van der Waals surface area contributed by atoms with E-state index < -0.39 is 0 Å². The summed E-state index contributed by atoms with van der Waals surface area (Å²) in [6, 6.07) is 15.9. The first-order valence-electron chi connectivity index (χ1n) is 26.1. The van der Waals surface area contributed by atoms with E-state index in [0.29, 0.717) is 0 Å². The number of benzene rings is 2. The van der Waals surface area contributed by atoms with E-state index in [-0.39, 0.29) is 0 Å². The Kier molecular flexibility index (Phi) is 34.6. The third-order valence-electron chi connectivity index (χ3n) is 12.1. The highest BCUT2D eigenvalue weighted by Gasteiger charge is 2.11. The number of hydrogen-bond acceptors (Lipinski definition) is 2. The van der Waals surface area contributed by atoms with Gasteiger partial charge in [-0.3, -0.25) is 4.99 Å². The second-order valence-electron chi connectivity index (χ2n) is 17.8. The maximum atomic E-state index is 5.49. The molecule has 0 amide bonds. The molecular weight excluding hydrogens is 725 g/mol. The van der Waals surface area contributed by atoms with Crippen LogP contribution in [0.25, 0.3) is 0 Å². The van der Waals surface area contributed by atoms with Crippen molar-refractivity contribution in [1.29, 1.82) is 0 Å². The van der Waals surface area contributed by atoms with Crippen molar-refractivity contribution in [3.05, 3.63) is 71.3 Å². The van der Waals surface area contributed by atoms with Crippen LogP contribution in [0, 0.1) is 11.8 Å². The van der Waals surface area contributed by atoms with Crippen LogP contribution in [0.2, 0.25) is 0 Å². The molecule has 60 heavy (non-hydrogen) atoms. The number of aliphatic imine (C=N–C) groups is 2. The highest BCUT2D eigenvalue weighted by molar-refractivity contribution is 6.47. The van der Waals surface area contributed by atoms with E-state index in [0.717, 1.165) is 74.2 Å². The zero-order chi connectivity index (χ0) is 43.0. The first-order chi connectivity index (χ1) is 29.7. The Labute approximate surface area is 373 Å². The van der Waals surface area contributed by atoms with E-state index in [9.17, 15) is 0 Å². The fourth-order valence-corrected chi connectivity index (χ4v) is 8.21. The van der Waals surface area contributed by atoms with Crippen molar-refractivity contribution in [2.45, 2.75) is 259 Å². The normalized spacial score (nSPS) is 12.1. The predicted octanol–water partition coefficient (Wildman–Crippen LogP) is 19.3. The van der Waals surface area contributed by atoms with Crippen LogP contribution >= 0.6 is 0 Å². The van der Waals surface area contributed by atoms with Crippen molar-refractivity contribution in [3.63, 3.8) is 0 Å². The molecule has 0 unspecified atom stereocenters. The number of hydrogen-bond donors (Lipinski definition) is 0. The second-order valence-corrected chi connectivity index (χ2v) is 17.8. The van der Waals surface area contributed by atoms with Gasteiger partial charge in [0.1, 0.15) is 0 Å². The van der Waals surface area contributed by atoms with Crippen molar-refractivity contribution in [1.82, 2.24) is 0 Å². The largest absolute Gasteiger partial charge is 0.251 e. The van der Waals surface area contributed by atoms with Crippen molar-refractivity contribution in [2.75, 3.05) is 0 Å². The summed E-state index contributed by atoms with van der Waals surface area (Å²) in [5, 5.41) is 0. The summed E-state index contributed by atoms with van der Waals surface area (Å²) in [5.41, 5.74) is 8.65. The lowest BCUT2D eigenvalue weighted by Crippen LogP contribution is -2.12. The van der Waals surface area contributed by atoms with Crippen LogP contribution in [-0.4, -0.2) is 11.4 Å². The molecule has 0 radical (unpaired) electrons. The number of para-hydroxylation sites is 1. The van der Waals surface area contributed by atoms with Crippen LogP contribution in [0.1, 0.15) is 257 Å². The molecular formula is C58H94N2. The van der Waals surface area contributed by atoms with Gasteiger partial charge in [-0.15, -0.1) is 11.8 Å². The molecule has 0 saturated carbocycles. The van der Waals surface area contributed by atoms with Crippen molar-refractivity contribution < 1.29 is 0 Å². The molecule has 2 rings (SSSR count). The van der Waals surface area contributed by atoms with Gasteiger partial charge in [-0.25, -0.2) is 4.99 Å². The van der Waals surface area contributed by atoms with E-state index >= 15 is 0 Å². The third-order valence-corrected chi connectivity index (χ3v) is 12.1. The molecule has 0 fully saturated rings. The van der Waals surface area contributed by atoms with Gasteiger partial charge in [0.2, 0.25) is 0 Å². The Hall–Kier alpha value is -2.92. The van der Waals surface area contributed by atoms with Gasteiger partial charge in [0.05, 0.1) is 22.8 Å². The summed E-state index contributed by atoms with van der Waals surface area (Å²) in [5.74, 6) is 7.00. The van der Waals surface area contributed by atoms with E-state index in [1.807, 2.05) is 0 Å². The highest BCUT2D eigenvalue weighted by atomic mass is 14.8. The molecule has 2 aromatic rings. The molecule has 0 heterocycles. The predicted molar refractivity (Wildman–Crippen MR) is 271 cm³/mol. The molecule has 0 bridgehead atoms. The van der Waals surface area contributed by atoms with Crippen LogP contribution < -0.4 is 0 Å². The van der Waals surface area contributed by atoms with Gasteiger partial charge in [0, 0.05) is 12.8 Å². The van der Waals surface area contributed by atoms with Gasteiger partial charge < -0.3 is 0 Å². The van der Waals surface area contributed by atoms with E-state index in [1.165, 1.54) is 190 Å². The van der Waals surface area contributed by atoms with Crippen molar-refractivity contribution >= 4 is 22.8 Å². The van der Waals surface area contributed by atoms with Crippen LogP contribution in [0.15, 0.2) is 64.6 Å². The third kappa shape index (κ3) is 27.1. The molecule has 336 valence electrons. The molecule has 0 aliphatic rings. The average molecular weight is 819 g/mol. The Bertz CT molecular complexity index is 1460. The molecule has 0 saturated heterocycles. The Morgan fingerprint density at radius 1 is 0.450 bits per heavy atom. The first-order valence-corrected chi connectivity index (χ1v) is 26.1. The number of allylic oxidation sites excluding steroid dienone is 2. The second kappa shape index (κ2) is 39.0. The Morgan fingerprint density at radius 3 is 1.58 bits per heavy atom. The summed E-state index contributed by atoms with van der Waals surface area (Å²) in [6.45, 7) is 11.5. The van der Waals surface area contributed by atoms with E-state index in [4.69, 9.17) is 9.98 Å². The van der Waals surface area contributed by atoms with Gasteiger partial charge in [-0.05, 0) is 105 Å². The minimum atomic E-state index is 0.888. The van der Waals surface area contributed by atoms with E-state index in [2.05, 4.69) is 101 Å². The highest BCUT2D eigenvalue weighted by Crippen LogP contribution is 2.26. The van der Waals surface area contributed by atoms with Gasteiger partial charge in [-0.2, -0.15) is 0 Å². The molecule has 0 N–H and O–H groups in total. The standard InChI is InChI=1S/C58H94N2/c1-6-11-16-18-20-22-24-26-28-30-32-34-38-43-53-44-40-41-47-56(53)60-58(46-15-10-5)57(48-39-35-33-31-29-27-25-23-21-19-17-12-7-2)59-55-50-49-52(42-36-13-8-3)54(51-55)45-37-14-9-4/h39-41,44,47-51H,6-31,33,35-38,42-43,45-46H2,1-5H3. The summed E-state index contributed by atoms with van der Waals surface area (Å²) in [4.78, 5) is 11.0. The van der Waals surface area contributed by atoms with Crippen LogP contribution in [0.4, 0.5) is 11.4 Å². The minimum absolute atomic E-state index is 0.888. The zero-order valence-electron chi connectivity index (χ0n) is 40.3. The monoisotopic (exact) mass is 819 g/mol. The summed E-state index contributed by atoms with van der Waals surface area (Å²) in [6.07, 6.45) is 49.2. The molecule has 0 aromatic heterocycles. The number of aryl methyl sites for hydroxylation is 3. The average Bonchev–Trinajstić information content (AvgIpc) is 3.26. The molecule has 2 nitrogen and oxygen atoms in total. The maximum absolute atomic E-state index is 5.49. The number of unbranched alkanes of at least 4 members (excludes halogenated alkanes) is 25. The summed E-state index contributed by atoms with van der Waals surface area (Å²) < 4.78 is 0. The van der Waals surface area contributed by atoms with Crippen molar-refractivity contribution in [2.24, 2.45) is 9.98 Å². The molecule has 0 spiro atoms. The van der Waals surface area contributed by atoms with Crippen molar-refractivity contribution in [3.8, 4) is 11.8 Å². The van der Waals surface area contributed by atoms with Gasteiger partial charge in [0.25, 0.3) is 0 Å². The van der Waals surface area contributed by atoms with Crippen LogP contribution in [-0.2, 0) is 19.3 Å². The SMILES string of the molecule is CCCCCCCCCCCC#CCCc1ccccc1N=C(CCCC)C(C=CCCCCCCCCCCCCC)=Nc1ccc(CCCCC)c(CCCCC)c1. The fraction of sp³-hybridized carbons (Fsp3) is 0.690. The van der Waals surface area contributed by atoms with E-state index in [1.54, 1.807) is 0 Å². The van der Waals surface area contributed by atoms with Crippen LogP contribution in [0.5, 0.6) is 0 Å². The van der Waals surface area contributed by atoms with Gasteiger partial charge >= 0.3 is 0 Å². The zero-order valence-corrected chi connectivity index (χ0v) is 40.3. The fourth-order valence-electron chi connectivity index (χ4n) is 8.21. The molecule has 0 aliphatic carbocycles. The topological polar surface area (TPSA) is 24.7 Å². The smallest absolute Gasteiger partial charge is 0.0848 e. The number of nitrogens with zero attached hydrogens (tertiary/aromatic N) is 2. The minimum Gasteiger partial charge on any atom is -0.251 e. The van der Waals surface area contributed by atoms with Gasteiger partial charge in [0.15, 0.2) is 0 Å². The quantitative estimate of drug-likeness (QED) is 0.0366. The molecule has 0 aliphatic heterocycles. The maximum Gasteiger partial charge on any atom is 0.0848 e. The lowest BCUT2D eigenvalue weighted by molar-refractivity contribution is 0.550. The molecule has 2 aromatic carbocycles. The van der Waals surface area contributed by atoms with Crippen LogP contribution in [0.3, 0.4) is 0 Å². The summed E-state index contributed by atoms with van der Waals surface area (Å²) >= 11 is 0. The Morgan fingerprint density at radius 2 is 0.967 bits per heavy atom. The summed E-state index contributed by atoms with van der Waals surface area (Å²) in [7, 11) is 0. The lowest BCUT2D eigenvalue weighted by Gasteiger charge is -2.13. The first kappa shape index (κ1) is 53.2. The Balaban J connectivity index is 2.24. The van der Waals surface area contributed by atoms with Gasteiger partial charge in [-0.1, -0.05) is 213 Å². The lowest BCUT2D eigenvalue weighted by atomic mass is 9.96. The molecule has 2 heteroatoms. The number of rotatable bonds is 38. The molecule has 0 atom stereocenters.